The highest BCUT2D eigenvalue weighted by Crippen LogP contribution is 2.30. The minimum atomic E-state index is -1.49. The molecule has 7 atom stereocenters. The predicted molar refractivity (Wildman–Crippen MR) is 388 cm³/mol. The molecule has 8 amide bonds. The first kappa shape index (κ1) is 84.3. The highest BCUT2D eigenvalue weighted by atomic mass is 79.9. The molecule has 0 saturated heterocycles. The molecular formula is C58H102BrN31O9S. The number of thiophene rings is 1. The van der Waals surface area contributed by atoms with E-state index in [9.17, 15) is 43.2 Å². The molecule has 0 spiro atoms. The topological polar surface area (TPSA) is 730 Å². The van der Waals surface area contributed by atoms with Gasteiger partial charge in [-0.1, -0.05) is 6.42 Å². The Balaban J connectivity index is 1.92. The number of unbranched alkanes of at least 4 members (excludes halogenated alkanes) is 3. The summed E-state index contributed by atoms with van der Waals surface area (Å²) in [5.41, 5.74) is 79.1. The lowest BCUT2D eigenvalue weighted by molar-refractivity contribution is -0.136. The van der Waals surface area contributed by atoms with Gasteiger partial charge in [0.25, 0.3) is 5.56 Å². The maximum atomic E-state index is 14.8. The number of rotatable bonds is 50. The van der Waals surface area contributed by atoms with E-state index in [1.165, 1.54) is 11.3 Å². The molecule has 0 bridgehead atoms. The van der Waals surface area contributed by atoms with Crippen LogP contribution in [0, 0.1) is 0 Å². The van der Waals surface area contributed by atoms with Gasteiger partial charge in [-0.25, -0.2) is 4.98 Å². The molecule has 100 heavy (non-hydrogen) atoms. The summed E-state index contributed by atoms with van der Waals surface area (Å²) in [5, 5.41) is 22.1. The SMILES string of the molecule is NCCCC[C@@H](NC(=O)[C@@H](CCCN=C(N)N)NC(=O)[C@@H](CCCN=C(N)N)NC(=O)[C@@H](CCCN=C(N)N)NC(=O)[C@@H](CCCN=C(N)N)NC(=O)[C@@H](CCCN=C(N)N)NC(=O)[C@@H](CCCN=C(N)N)NC(=O)CCCCCNCc1nc2c(sc3cc(Br)cnc32)c(=O)[nH]1)C(N)=O. The minimum absolute atomic E-state index is 0.00557. The van der Waals surface area contributed by atoms with E-state index in [1.807, 2.05) is 6.07 Å². The highest BCUT2D eigenvalue weighted by molar-refractivity contribution is 9.10. The van der Waals surface area contributed by atoms with Crippen molar-refractivity contribution in [3.63, 3.8) is 0 Å². The molecule has 42 heteroatoms. The summed E-state index contributed by atoms with van der Waals surface area (Å²) in [7, 11) is 0. The van der Waals surface area contributed by atoms with Crippen molar-refractivity contribution in [2.45, 2.75) is 171 Å². The molecule has 0 unspecified atom stereocenters. The van der Waals surface area contributed by atoms with E-state index >= 15 is 0 Å². The van der Waals surface area contributed by atoms with E-state index in [0.29, 0.717) is 66.8 Å². The molecule has 3 heterocycles. The molecule has 0 aliphatic heterocycles. The average Bonchev–Trinajstić information content (AvgIpc) is 1.62. The van der Waals surface area contributed by atoms with Gasteiger partial charge in [0.2, 0.25) is 47.3 Å². The van der Waals surface area contributed by atoms with Gasteiger partial charge in [0.1, 0.15) is 63.9 Å². The summed E-state index contributed by atoms with van der Waals surface area (Å²) in [4.78, 5) is 162. The number of pyridine rings is 1. The van der Waals surface area contributed by atoms with Gasteiger partial charge in [-0.05, 0) is 144 Å². The summed E-state index contributed by atoms with van der Waals surface area (Å²) in [6.45, 7) is 1.21. The number of aliphatic imine (C=N–C) groups is 6. The molecule has 3 rings (SSSR count). The van der Waals surface area contributed by atoms with Gasteiger partial charge in [-0.2, -0.15) is 0 Å². The number of hydrogen-bond acceptors (Lipinski definition) is 20. The second-order valence-corrected chi connectivity index (χ2v) is 25.1. The standard InChI is InChI=1S/C58H102BrN31O9S/c59-31-28-39-42(81-29-31)43-44(100-39)52(99)90-40(89-43)30-74-21-5-1-2-19-41(91)82-33(13-6-22-75-53(62)63)46(93)84-35(15-8-24-77-55(66)67)48(95)86-37(17-10-26-79-57(70)71)50(97)88-38(18-11-27-80-58(72)73)51(98)87-36(16-9-25-78-56(68)69)49(96)85-34(14-7-23-76-54(64)65)47(94)83-32(45(61)92)12-3-4-20-60/h28-29,32-38,74H,1-27,30,60H2,(H2,61,92)(H,82,91)(H,83,94)(H,84,93)(H,85,96)(H,86,95)(H,87,98)(H,88,97)(H4,62,63,75)(H4,64,65,76)(H4,66,67,77)(H4,68,69,78)(H4,70,71,79)(H4,72,73,80)(H,89,90,99)/t32-,33-,34-,35-,36-,37-,38-/m1/s1. The van der Waals surface area contributed by atoms with Crippen LogP contribution < -0.4 is 128 Å². The zero-order chi connectivity index (χ0) is 74.1. The number of H-pyrrole nitrogens is 1. The molecule has 0 radical (unpaired) electrons. The fourth-order valence-electron chi connectivity index (χ4n) is 9.87. The third-order valence-electron chi connectivity index (χ3n) is 14.8. The van der Waals surface area contributed by atoms with Gasteiger partial charge in [0.15, 0.2) is 35.8 Å². The van der Waals surface area contributed by atoms with Crippen LogP contribution in [0.4, 0.5) is 0 Å². The van der Waals surface area contributed by atoms with Crippen molar-refractivity contribution in [3.8, 4) is 0 Å². The second-order valence-electron chi connectivity index (χ2n) is 23.1. The lowest BCUT2D eigenvalue weighted by atomic mass is 10.0. The van der Waals surface area contributed by atoms with Crippen LogP contribution in [0.2, 0.25) is 0 Å². The van der Waals surface area contributed by atoms with Crippen molar-refractivity contribution in [2.24, 2.45) is 110 Å². The van der Waals surface area contributed by atoms with Gasteiger partial charge in [-0.3, -0.25) is 78.1 Å². The van der Waals surface area contributed by atoms with Crippen LogP contribution in [0.15, 0.2) is 51.5 Å². The number of aromatic amines is 1. The van der Waals surface area contributed by atoms with Gasteiger partial charge < -0.3 is 128 Å². The fourth-order valence-corrected chi connectivity index (χ4v) is 11.4. The molecule has 556 valence electrons. The van der Waals surface area contributed by atoms with E-state index < -0.39 is 89.6 Å². The van der Waals surface area contributed by atoms with E-state index in [-0.39, 0.29) is 177 Å². The number of aromatic nitrogens is 3. The lowest BCUT2D eigenvalue weighted by Gasteiger charge is -2.28. The first-order valence-corrected chi connectivity index (χ1v) is 34.3. The summed E-state index contributed by atoms with van der Waals surface area (Å²) < 4.78 is 2.08. The third-order valence-corrected chi connectivity index (χ3v) is 16.4. The Kier molecular flexibility index (Phi) is 39.0. The average molecular weight is 1490 g/mol. The van der Waals surface area contributed by atoms with Crippen molar-refractivity contribution in [3.05, 3.63) is 32.9 Å². The van der Waals surface area contributed by atoms with Crippen LogP contribution in [-0.2, 0) is 44.9 Å². The molecule has 3 aromatic rings. The Labute approximate surface area is 590 Å². The first-order chi connectivity index (χ1) is 47.6. The maximum Gasteiger partial charge on any atom is 0.269 e. The van der Waals surface area contributed by atoms with Crippen LogP contribution in [0.25, 0.3) is 20.4 Å². The zero-order valence-corrected chi connectivity index (χ0v) is 58.5. The molecule has 0 fully saturated rings. The van der Waals surface area contributed by atoms with Gasteiger partial charge >= 0.3 is 0 Å². The Morgan fingerprint density at radius 3 is 1.15 bits per heavy atom. The molecule has 0 aliphatic rings. The molecule has 0 aliphatic carbocycles. The van der Waals surface area contributed by atoms with Crippen molar-refractivity contribution < 1.29 is 38.4 Å². The number of nitrogens with one attached hydrogen (secondary N) is 9. The van der Waals surface area contributed by atoms with E-state index in [4.69, 9.17) is 80.3 Å². The van der Waals surface area contributed by atoms with E-state index in [2.05, 4.69) is 103 Å². The quantitative estimate of drug-likeness (QED) is 0.0142. The van der Waals surface area contributed by atoms with Crippen LogP contribution in [0.5, 0.6) is 0 Å². The first-order valence-electron chi connectivity index (χ1n) is 32.7. The van der Waals surface area contributed by atoms with E-state index in [0.717, 1.165) is 9.17 Å². The van der Waals surface area contributed by atoms with Crippen LogP contribution in [-0.4, -0.2) is 193 Å². The molecule has 40 nitrogen and oxygen atoms in total. The molecular weight excluding hydrogens is 1390 g/mol. The summed E-state index contributed by atoms with van der Waals surface area (Å²) >= 11 is 4.72. The molecule has 37 N–H and O–H groups in total. The summed E-state index contributed by atoms with van der Waals surface area (Å²) in [5.74, 6) is -7.47. The second kappa shape index (κ2) is 46.3. The predicted octanol–water partition coefficient (Wildman–Crippen LogP) is -6.73. The minimum Gasteiger partial charge on any atom is -0.370 e. The van der Waals surface area contributed by atoms with Crippen molar-refractivity contribution in [2.75, 3.05) is 52.4 Å². The number of amides is 8. The number of hydrogen-bond donors (Lipinski definition) is 23. The smallest absolute Gasteiger partial charge is 0.269 e. The number of nitrogens with two attached hydrogens (primary N) is 14. The van der Waals surface area contributed by atoms with Crippen molar-refractivity contribution in [1.29, 1.82) is 0 Å². The van der Waals surface area contributed by atoms with Gasteiger partial charge in [0, 0.05) is 56.4 Å². The zero-order valence-electron chi connectivity index (χ0n) is 56.1. The monoisotopic (exact) mass is 1490 g/mol. The summed E-state index contributed by atoms with van der Waals surface area (Å²) in [6, 6.07) is -7.64. The number of halogens is 1. The fraction of sp³-hybridized carbons (Fsp3) is 0.603. The van der Waals surface area contributed by atoms with Crippen LogP contribution in [0.3, 0.4) is 0 Å². The third kappa shape index (κ3) is 34.0. The summed E-state index contributed by atoms with van der Waals surface area (Å²) in [6.07, 6.45) is 4.58. The van der Waals surface area contributed by atoms with Crippen molar-refractivity contribution in [1.82, 2.24) is 57.5 Å². The van der Waals surface area contributed by atoms with Crippen LogP contribution >= 0.6 is 27.3 Å². The normalized spacial score (nSPS) is 13.1. The van der Waals surface area contributed by atoms with Crippen molar-refractivity contribution >= 4 is 131 Å². The number of fused-ring (bicyclic) bond motifs is 3. The Morgan fingerprint density at radius 2 is 0.800 bits per heavy atom. The van der Waals surface area contributed by atoms with Gasteiger partial charge in [-0.15, -0.1) is 11.3 Å². The number of carbonyl (C=O) groups is 8. The number of primary amides is 1. The maximum absolute atomic E-state index is 14.8. The van der Waals surface area contributed by atoms with Gasteiger partial charge in [0.05, 0.1) is 11.2 Å². The lowest BCUT2D eigenvalue weighted by Crippen LogP contribution is -2.60. The highest BCUT2D eigenvalue weighted by Gasteiger charge is 2.34. The molecule has 0 aromatic carbocycles. The Hall–Kier alpha value is -9.97. The van der Waals surface area contributed by atoms with Crippen LogP contribution in [0.1, 0.15) is 128 Å². The number of guanidine groups is 6. The molecule has 0 saturated carbocycles. The largest absolute Gasteiger partial charge is 0.370 e. The molecule has 3 aromatic heterocycles. The number of nitrogens with zero attached hydrogens (tertiary/aromatic N) is 8. The van der Waals surface area contributed by atoms with E-state index in [1.54, 1.807) is 6.20 Å². The Morgan fingerprint density at radius 1 is 0.450 bits per heavy atom. The Bertz CT molecular complexity index is 3390. The number of carbonyl (C=O) groups excluding carboxylic acids is 8.